The van der Waals surface area contributed by atoms with Gasteiger partial charge in [0, 0.05) is 24.1 Å². The molecule has 3 atom stereocenters. The molecule has 0 aliphatic carbocycles. The minimum absolute atomic E-state index is 0.00491. The van der Waals surface area contributed by atoms with Crippen LogP contribution in [0.2, 0.25) is 0 Å². The molecule has 0 radical (unpaired) electrons. The summed E-state index contributed by atoms with van der Waals surface area (Å²) in [6.45, 7) is 9.49. The van der Waals surface area contributed by atoms with Crippen molar-refractivity contribution >= 4 is 28.9 Å². The molecular weight excluding hydrogens is 468 g/mol. The van der Waals surface area contributed by atoms with Crippen molar-refractivity contribution in [3.05, 3.63) is 71.9 Å². The van der Waals surface area contributed by atoms with Gasteiger partial charge < -0.3 is 14.0 Å². The molecule has 7 heteroatoms. The lowest BCUT2D eigenvalue weighted by Crippen LogP contribution is -2.48. The van der Waals surface area contributed by atoms with Crippen LogP contribution >= 0.6 is 0 Å². The molecule has 1 fully saturated rings. The molecule has 1 aromatic heterocycles. The van der Waals surface area contributed by atoms with E-state index >= 15 is 0 Å². The molecule has 196 valence electrons. The number of fused-ring (bicyclic) bond motifs is 1. The van der Waals surface area contributed by atoms with Crippen molar-refractivity contribution in [3.63, 3.8) is 0 Å². The Bertz CT molecular complexity index is 1290. The third kappa shape index (κ3) is 5.55. The fourth-order valence-electron chi connectivity index (χ4n) is 5.07. The largest absolute Gasteiger partial charge is 0.459 e. The molecule has 1 aliphatic rings. The second-order valence-electron chi connectivity index (χ2n) is 11.1. The summed E-state index contributed by atoms with van der Waals surface area (Å²) in [6.07, 6.45) is 1.50. The number of aryl methyl sites for hydroxylation is 1. The van der Waals surface area contributed by atoms with Crippen LogP contribution in [-0.4, -0.2) is 45.7 Å². The monoisotopic (exact) mass is 504 g/mol. The number of imide groups is 1. The van der Waals surface area contributed by atoms with Crippen LogP contribution < -0.4 is 0 Å². The molecular formula is C30H36N2O5. The molecule has 37 heavy (non-hydrogen) atoms. The molecule has 0 N–H and O–H groups in total. The van der Waals surface area contributed by atoms with E-state index in [4.69, 9.17) is 9.47 Å². The van der Waals surface area contributed by atoms with Gasteiger partial charge in [-0.05, 0) is 50.3 Å². The third-order valence-electron chi connectivity index (χ3n) is 6.85. The van der Waals surface area contributed by atoms with E-state index in [9.17, 15) is 14.4 Å². The smallest absolute Gasteiger partial charge is 0.416 e. The minimum Gasteiger partial charge on any atom is -0.459 e. The first-order valence-corrected chi connectivity index (χ1v) is 12.8. The van der Waals surface area contributed by atoms with Crippen LogP contribution in [0.3, 0.4) is 0 Å². The van der Waals surface area contributed by atoms with Gasteiger partial charge in [-0.2, -0.15) is 0 Å². The fraction of sp³-hybridized carbons (Fsp3) is 0.433. The van der Waals surface area contributed by atoms with Gasteiger partial charge in [0.2, 0.25) is 5.91 Å². The highest BCUT2D eigenvalue weighted by Crippen LogP contribution is 2.38. The van der Waals surface area contributed by atoms with Crippen molar-refractivity contribution in [3.8, 4) is 0 Å². The molecule has 0 bridgehead atoms. The van der Waals surface area contributed by atoms with E-state index in [0.29, 0.717) is 5.56 Å². The van der Waals surface area contributed by atoms with Crippen LogP contribution in [0.15, 0.2) is 60.8 Å². The van der Waals surface area contributed by atoms with E-state index in [-0.39, 0.29) is 18.9 Å². The topological polar surface area (TPSA) is 77.8 Å². The number of esters is 1. The van der Waals surface area contributed by atoms with Crippen LogP contribution in [0.1, 0.15) is 51.7 Å². The number of aromatic nitrogens is 1. The van der Waals surface area contributed by atoms with Gasteiger partial charge in [0.1, 0.15) is 12.2 Å². The van der Waals surface area contributed by atoms with Crippen LogP contribution in [-0.2, 0) is 32.5 Å². The van der Waals surface area contributed by atoms with Crippen LogP contribution in [0.4, 0.5) is 4.79 Å². The number of cyclic esters (lactones) is 1. The molecule has 0 saturated carbocycles. The average Bonchev–Trinajstić information content (AvgIpc) is 3.38. The summed E-state index contributed by atoms with van der Waals surface area (Å²) in [5, 5.41) is 0.871. The lowest BCUT2D eigenvalue weighted by molar-refractivity contribution is -0.160. The lowest BCUT2D eigenvalue weighted by atomic mass is 9.80. The van der Waals surface area contributed by atoms with E-state index < -0.39 is 41.4 Å². The number of ether oxygens (including phenoxy) is 2. The Morgan fingerprint density at radius 1 is 1.05 bits per heavy atom. The Hall–Kier alpha value is -3.61. The number of rotatable bonds is 7. The average molecular weight is 505 g/mol. The molecule has 2 unspecified atom stereocenters. The van der Waals surface area contributed by atoms with Gasteiger partial charge in [0.05, 0.1) is 17.9 Å². The molecule has 1 saturated heterocycles. The number of para-hydroxylation sites is 1. The van der Waals surface area contributed by atoms with Crippen LogP contribution in [0, 0.1) is 11.8 Å². The van der Waals surface area contributed by atoms with E-state index in [2.05, 4.69) is 0 Å². The number of benzene rings is 2. The molecule has 2 amide bonds. The number of nitrogens with zero attached hydrogens (tertiary/aromatic N) is 2. The number of carbonyl (C=O) groups is 3. The standard InChI is InChI=1S/C30H36N2O5/c1-19(2)25-18-36-29(35)32(25)27(33)22(16-20-12-8-7-9-13-20)26(28(34)37-30(3,4)5)23-17-31(6)24-15-11-10-14-21(23)24/h7-15,17,19,22,25-26H,16,18H2,1-6H3/t22?,25-,26?/m1/s1. The highest BCUT2D eigenvalue weighted by molar-refractivity contribution is 6.00. The van der Waals surface area contributed by atoms with E-state index in [0.717, 1.165) is 16.5 Å². The van der Waals surface area contributed by atoms with Crippen molar-refractivity contribution < 1.29 is 23.9 Å². The number of carbonyl (C=O) groups excluding carboxylic acids is 3. The Labute approximate surface area is 218 Å². The van der Waals surface area contributed by atoms with Crippen molar-refractivity contribution in [1.29, 1.82) is 0 Å². The van der Waals surface area contributed by atoms with Gasteiger partial charge in [0.15, 0.2) is 0 Å². The van der Waals surface area contributed by atoms with Gasteiger partial charge in [-0.25, -0.2) is 9.69 Å². The summed E-state index contributed by atoms with van der Waals surface area (Å²) in [5.41, 5.74) is 1.78. The summed E-state index contributed by atoms with van der Waals surface area (Å²) in [4.78, 5) is 42.3. The maximum atomic E-state index is 14.3. The maximum absolute atomic E-state index is 14.3. The highest BCUT2D eigenvalue weighted by Gasteiger charge is 2.47. The first-order valence-electron chi connectivity index (χ1n) is 12.8. The van der Waals surface area contributed by atoms with Gasteiger partial charge >= 0.3 is 12.1 Å². The first-order chi connectivity index (χ1) is 17.5. The molecule has 2 heterocycles. The predicted molar refractivity (Wildman–Crippen MR) is 142 cm³/mol. The summed E-state index contributed by atoms with van der Waals surface area (Å²) < 4.78 is 13.2. The second kappa shape index (κ2) is 10.4. The van der Waals surface area contributed by atoms with Crippen LogP contribution in [0.5, 0.6) is 0 Å². The SMILES string of the molecule is CC(C)[C@H]1COC(=O)N1C(=O)C(Cc1ccccc1)C(C(=O)OC(C)(C)C)c1cn(C)c2ccccc12. The molecule has 4 rings (SSSR count). The van der Waals surface area contributed by atoms with Gasteiger partial charge in [-0.1, -0.05) is 62.4 Å². The Morgan fingerprint density at radius 3 is 2.35 bits per heavy atom. The number of amides is 2. The zero-order valence-electron chi connectivity index (χ0n) is 22.4. The Balaban J connectivity index is 1.89. The quantitative estimate of drug-likeness (QED) is 0.399. The molecule has 7 nitrogen and oxygen atoms in total. The van der Waals surface area contributed by atoms with E-state index in [1.165, 1.54) is 4.90 Å². The first kappa shape index (κ1) is 26.5. The summed E-state index contributed by atoms with van der Waals surface area (Å²) >= 11 is 0. The third-order valence-corrected chi connectivity index (χ3v) is 6.85. The second-order valence-corrected chi connectivity index (χ2v) is 11.1. The number of hydrogen-bond donors (Lipinski definition) is 0. The molecule has 3 aromatic rings. The summed E-state index contributed by atoms with van der Waals surface area (Å²) in [7, 11) is 1.92. The number of hydrogen-bond acceptors (Lipinski definition) is 5. The maximum Gasteiger partial charge on any atom is 0.416 e. The van der Waals surface area contributed by atoms with Crippen molar-refractivity contribution in [2.24, 2.45) is 18.9 Å². The molecule has 0 spiro atoms. The van der Waals surface area contributed by atoms with Crippen molar-refractivity contribution in [1.82, 2.24) is 9.47 Å². The van der Waals surface area contributed by atoms with Crippen molar-refractivity contribution in [2.45, 2.75) is 58.6 Å². The lowest BCUT2D eigenvalue weighted by Gasteiger charge is -2.32. The van der Waals surface area contributed by atoms with Gasteiger partial charge in [-0.3, -0.25) is 9.59 Å². The Kier molecular flexibility index (Phi) is 7.44. The molecule has 2 aromatic carbocycles. The summed E-state index contributed by atoms with van der Waals surface area (Å²) in [5.74, 6) is -2.72. The fourth-order valence-corrected chi connectivity index (χ4v) is 5.07. The zero-order valence-corrected chi connectivity index (χ0v) is 22.4. The van der Waals surface area contributed by atoms with E-state index in [1.54, 1.807) is 0 Å². The highest BCUT2D eigenvalue weighted by atomic mass is 16.6. The molecule has 1 aliphatic heterocycles. The Morgan fingerprint density at radius 2 is 1.70 bits per heavy atom. The minimum atomic E-state index is -0.931. The predicted octanol–water partition coefficient (Wildman–Crippen LogP) is 5.47. The van der Waals surface area contributed by atoms with Gasteiger partial charge in [0.25, 0.3) is 0 Å². The van der Waals surface area contributed by atoms with Gasteiger partial charge in [-0.15, -0.1) is 0 Å². The summed E-state index contributed by atoms with van der Waals surface area (Å²) in [6, 6.07) is 17.0. The van der Waals surface area contributed by atoms with Crippen molar-refractivity contribution in [2.75, 3.05) is 6.61 Å². The van der Waals surface area contributed by atoms with E-state index in [1.807, 2.05) is 107 Å². The van der Waals surface area contributed by atoms with Crippen LogP contribution in [0.25, 0.3) is 10.9 Å². The zero-order chi connectivity index (χ0) is 26.9. The normalized spacial score (nSPS) is 17.6.